The zero-order valence-corrected chi connectivity index (χ0v) is 14.4. The summed E-state index contributed by atoms with van der Waals surface area (Å²) in [5.74, 6) is 1.39. The second-order valence-electron chi connectivity index (χ2n) is 5.94. The van der Waals surface area contributed by atoms with E-state index in [4.69, 9.17) is 21.1 Å². The first kappa shape index (κ1) is 18.3. The van der Waals surface area contributed by atoms with Crippen LogP contribution in [0.1, 0.15) is 39.7 Å². The Morgan fingerprint density at radius 1 is 1.10 bits per heavy atom. The maximum atomic E-state index is 6.23. The van der Waals surface area contributed by atoms with Crippen LogP contribution in [0.25, 0.3) is 0 Å². The lowest BCUT2D eigenvalue weighted by Crippen LogP contribution is -2.21. The Hall–Kier alpha value is -0.770. The van der Waals surface area contributed by atoms with Crippen molar-refractivity contribution in [1.29, 1.82) is 0 Å². The van der Waals surface area contributed by atoms with Crippen molar-refractivity contribution < 1.29 is 9.47 Å². The molecule has 0 fully saturated rings. The zero-order valence-electron chi connectivity index (χ0n) is 13.6. The van der Waals surface area contributed by atoms with E-state index in [1.165, 1.54) is 0 Å². The maximum Gasteiger partial charge on any atom is 0.138 e. The van der Waals surface area contributed by atoms with Crippen molar-refractivity contribution in [3.05, 3.63) is 28.8 Å². The molecular weight excluding hydrogens is 286 g/mol. The quantitative estimate of drug-likeness (QED) is 0.654. The third-order valence-corrected chi connectivity index (χ3v) is 3.33. The van der Waals surface area contributed by atoms with Crippen LogP contribution in [0, 0.1) is 5.92 Å². The van der Waals surface area contributed by atoms with Crippen molar-refractivity contribution in [2.75, 3.05) is 19.8 Å². The fourth-order valence-electron chi connectivity index (χ4n) is 1.72. The summed E-state index contributed by atoms with van der Waals surface area (Å²) >= 11 is 6.23. The summed E-state index contributed by atoms with van der Waals surface area (Å²) in [5.41, 5.74) is 1.16. The Bertz CT molecular complexity index is 408. The molecule has 0 radical (unpaired) electrons. The number of hydrogen-bond acceptors (Lipinski definition) is 3. The number of ether oxygens (including phenoxy) is 2. The van der Waals surface area contributed by atoms with E-state index in [1.807, 2.05) is 18.2 Å². The molecule has 3 nitrogen and oxygen atoms in total. The number of hydrogen-bond donors (Lipinski definition) is 1. The third-order valence-electron chi connectivity index (χ3n) is 3.04. The monoisotopic (exact) mass is 313 g/mol. The zero-order chi connectivity index (χ0) is 15.7. The average molecular weight is 314 g/mol. The van der Waals surface area contributed by atoms with E-state index < -0.39 is 0 Å². The van der Waals surface area contributed by atoms with Gasteiger partial charge in [0.05, 0.1) is 11.6 Å². The van der Waals surface area contributed by atoms with Gasteiger partial charge in [0.2, 0.25) is 0 Å². The molecule has 21 heavy (non-hydrogen) atoms. The average Bonchev–Trinajstić information content (AvgIpc) is 2.41. The highest BCUT2D eigenvalue weighted by atomic mass is 35.5. The lowest BCUT2D eigenvalue weighted by Gasteiger charge is -2.12. The largest absolute Gasteiger partial charge is 0.490 e. The van der Waals surface area contributed by atoms with Crippen molar-refractivity contribution in [3.8, 4) is 5.75 Å². The summed E-state index contributed by atoms with van der Waals surface area (Å²) in [7, 11) is 0. The van der Waals surface area contributed by atoms with Crippen molar-refractivity contribution in [1.82, 2.24) is 5.32 Å². The molecule has 0 amide bonds. The minimum Gasteiger partial charge on any atom is -0.490 e. The van der Waals surface area contributed by atoms with Gasteiger partial charge in [0.25, 0.3) is 0 Å². The molecule has 0 aliphatic heterocycles. The fourth-order valence-corrected chi connectivity index (χ4v) is 1.98. The summed E-state index contributed by atoms with van der Waals surface area (Å²) in [4.78, 5) is 0. The summed E-state index contributed by atoms with van der Waals surface area (Å²) in [6.45, 7) is 11.4. The van der Waals surface area contributed by atoms with Gasteiger partial charge in [0.1, 0.15) is 12.4 Å². The van der Waals surface area contributed by atoms with Crippen LogP contribution in [0.3, 0.4) is 0 Å². The predicted molar refractivity (Wildman–Crippen MR) is 89.2 cm³/mol. The van der Waals surface area contributed by atoms with Crippen LogP contribution < -0.4 is 10.1 Å². The van der Waals surface area contributed by atoms with Gasteiger partial charge < -0.3 is 14.8 Å². The molecular formula is C17H28ClNO2. The van der Waals surface area contributed by atoms with Gasteiger partial charge in [0.15, 0.2) is 0 Å². The van der Waals surface area contributed by atoms with Gasteiger partial charge in [-0.15, -0.1) is 0 Å². The van der Waals surface area contributed by atoms with E-state index >= 15 is 0 Å². The Morgan fingerprint density at radius 3 is 2.48 bits per heavy atom. The van der Waals surface area contributed by atoms with Gasteiger partial charge in [0, 0.05) is 19.2 Å². The molecule has 1 rings (SSSR count). The fraction of sp³-hybridized carbons (Fsp3) is 0.647. The molecule has 0 spiro atoms. The van der Waals surface area contributed by atoms with Crippen LogP contribution in [-0.4, -0.2) is 25.9 Å². The van der Waals surface area contributed by atoms with E-state index in [0.717, 1.165) is 30.9 Å². The molecule has 1 N–H and O–H groups in total. The van der Waals surface area contributed by atoms with E-state index in [9.17, 15) is 0 Å². The number of benzene rings is 1. The lowest BCUT2D eigenvalue weighted by atomic mass is 10.1. The van der Waals surface area contributed by atoms with Crippen LogP contribution >= 0.6 is 11.6 Å². The molecule has 0 aliphatic rings. The molecule has 1 aromatic carbocycles. The summed E-state index contributed by atoms with van der Waals surface area (Å²) in [5, 5.41) is 4.02. The van der Waals surface area contributed by atoms with Gasteiger partial charge >= 0.3 is 0 Å². The molecule has 0 aromatic heterocycles. The van der Waals surface area contributed by atoms with Gasteiger partial charge in [-0.3, -0.25) is 0 Å². The van der Waals surface area contributed by atoms with E-state index in [1.54, 1.807) is 0 Å². The summed E-state index contributed by atoms with van der Waals surface area (Å²) in [6, 6.07) is 6.37. The van der Waals surface area contributed by atoms with Crippen molar-refractivity contribution >= 4 is 11.6 Å². The summed E-state index contributed by atoms with van der Waals surface area (Å²) < 4.78 is 11.2. The standard InChI is InChI=1S/C17H28ClNO2/c1-13(2)7-8-20-9-10-21-17-6-5-15(11-16(17)18)12-19-14(3)4/h5-6,11,13-14,19H,7-10,12H2,1-4H3. The molecule has 0 aliphatic carbocycles. The minimum absolute atomic E-state index is 0.461. The Balaban J connectivity index is 2.29. The van der Waals surface area contributed by atoms with Crippen LogP contribution in [0.5, 0.6) is 5.75 Å². The molecule has 0 saturated heterocycles. The summed E-state index contributed by atoms with van der Waals surface area (Å²) in [6.07, 6.45) is 1.08. The highest BCUT2D eigenvalue weighted by Crippen LogP contribution is 2.25. The predicted octanol–water partition coefficient (Wildman–Crippen LogP) is 4.28. The second kappa shape index (κ2) is 10.0. The second-order valence-corrected chi connectivity index (χ2v) is 6.35. The molecule has 0 bridgehead atoms. The van der Waals surface area contributed by atoms with Crippen LogP contribution in [-0.2, 0) is 11.3 Å². The lowest BCUT2D eigenvalue weighted by molar-refractivity contribution is 0.0926. The van der Waals surface area contributed by atoms with Crippen LogP contribution in [0.15, 0.2) is 18.2 Å². The molecule has 0 saturated carbocycles. The van der Waals surface area contributed by atoms with E-state index in [-0.39, 0.29) is 0 Å². The van der Waals surface area contributed by atoms with Crippen LogP contribution in [0.2, 0.25) is 5.02 Å². The maximum absolute atomic E-state index is 6.23. The SMILES string of the molecule is CC(C)CCOCCOc1ccc(CNC(C)C)cc1Cl. The first-order valence-corrected chi connectivity index (χ1v) is 8.09. The molecule has 0 heterocycles. The van der Waals surface area contributed by atoms with Crippen molar-refractivity contribution in [3.63, 3.8) is 0 Å². The molecule has 120 valence electrons. The number of halogens is 1. The van der Waals surface area contributed by atoms with Gasteiger partial charge in [-0.05, 0) is 30.0 Å². The van der Waals surface area contributed by atoms with Gasteiger partial charge in [-0.25, -0.2) is 0 Å². The number of nitrogens with one attached hydrogen (secondary N) is 1. The topological polar surface area (TPSA) is 30.5 Å². The van der Waals surface area contributed by atoms with Crippen molar-refractivity contribution in [2.24, 2.45) is 5.92 Å². The minimum atomic E-state index is 0.461. The van der Waals surface area contributed by atoms with E-state index in [0.29, 0.717) is 30.2 Å². The Morgan fingerprint density at radius 2 is 1.86 bits per heavy atom. The molecule has 0 unspecified atom stereocenters. The first-order valence-electron chi connectivity index (χ1n) is 7.71. The Labute approximate surface area is 134 Å². The highest BCUT2D eigenvalue weighted by molar-refractivity contribution is 6.32. The Kier molecular flexibility index (Phi) is 8.74. The molecule has 4 heteroatoms. The van der Waals surface area contributed by atoms with E-state index in [2.05, 4.69) is 33.0 Å². The smallest absolute Gasteiger partial charge is 0.138 e. The highest BCUT2D eigenvalue weighted by Gasteiger charge is 2.04. The third kappa shape index (κ3) is 8.30. The molecule has 0 atom stereocenters. The van der Waals surface area contributed by atoms with Gasteiger partial charge in [-0.2, -0.15) is 0 Å². The van der Waals surface area contributed by atoms with Crippen molar-refractivity contribution in [2.45, 2.75) is 46.7 Å². The molecule has 1 aromatic rings. The normalized spacial score (nSPS) is 11.4. The van der Waals surface area contributed by atoms with Crippen LogP contribution in [0.4, 0.5) is 0 Å². The van der Waals surface area contributed by atoms with Gasteiger partial charge in [-0.1, -0.05) is 45.4 Å². The number of rotatable bonds is 10. The first-order chi connectivity index (χ1) is 9.99.